The molecule has 0 saturated carbocycles. The summed E-state index contributed by atoms with van der Waals surface area (Å²) in [5.74, 6) is -1.35. The third-order valence-electron chi connectivity index (χ3n) is 2.63. The Kier molecular flexibility index (Phi) is 2.77. The molecular formula is C11H12F2N2O. The van der Waals surface area contributed by atoms with Crippen molar-refractivity contribution in [3.05, 3.63) is 29.8 Å². The molecule has 5 heteroatoms. The lowest BCUT2D eigenvalue weighted by molar-refractivity contribution is -0.127. The summed E-state index contributed by atoms with van der Waals surface area (Å²) in [6.07, 6.45) is 0.646. The van der Waals surface area contributed by atoms with Crippen molar-refractivity contribution in [2.24, 2.45) is 0 Å². The van der Waals surface area contributed by atoms with E-state index in [2.05, 4.69) is 5.32 Å². The van der Waals surface area contributed by atoms with Crippen LogP contribution >= 0.6 is 0 Å². The van der Waals surface area contributed by atoms with Gasteiger partial charge in [-0.1, -0.05) is 0 Å². The Bertz CT molecular complexity index is 402. The van der Waals surface area contributed by atoms with Crippen molar-refractivity contribution in [3.63, 3.8) is 0 Å². The number of anilines is 1. The molecule has 1 heterocycles. The standard InChI is InChI=1S/C11H12F2N2O/c1-15-3-2-10(11(15)16)14-9-5-7(12)4-8(13)6-9/h4-6,10,14H,2-3H2,1H3. The summed E-state index contributed by atoms with van der Waals surface area (Å²) in [4.78, 5) is 13.1. The van der Waals surface area contributed by atoms with Crippen molar-refractivity contribution in [1.82, 2.24) is 4.90 Å². The van der Waals surface area contributed by atoms with Crippen LogP contribution in [0.3, 0.4) is 0 Å². The van der Waals surface area contributed by atoms with Crippen LogP contribution in [0.25, 0.3) is 0 Å². The van der Waals surface area contributed by atoms with Crippen molar-refractivity contribution in [2.45, 2.75) is 12.5 Å². The minimum absolute atomic E-state index is 0.0512. The maximum absolute atomic E-state index is 12.9. The molecule has 0 radical (unpaired) electrons. The number of hydrogen-bond donors (Lipinski definition) is 1. The Hall–Kier alpha value is -1.65. The highest BCUT2D eigenvalue weighted by atomic mass is 19.1. The summed E-state index contributed by atoms with van der Waals surface area (Å²) >= 11 is 0. The van der Waals surface area contributed by atoms with Gasteiger partial charge in [-0.2, -0.15) is 0 Å². The number of amides is 1. The van der Waals surface area contributed by atoms with Crippen LogP contribution in [-0.2, 0) is 4.79 Å². The fraction of sp³-hybridized carbons (Fsp3) is 0.364. The van der Waals surface area contributed by atoms with Crippen molar-refractivity contribution < 1.29 is 13.6 Å². The van der Waals surface area contributed by atoms with Gasteiger partial charge in [-0.3, -0.25) is 4.79 Å². The monoisotopic (exact) mass is 226 g/mol. The van der Waals surface area contributed by atoms with Gasteiger partial charge < -0.3 is 10.2 Å². The minimum Gasteiger partial charge on any atom is -0.373 e. The number of halogens is 2. The number of carbonyl (C=O) groups is 1. The number of likely N-dealkylation sites (tertiary alicyclic amines) is 1. The number of carbonyl (C=O) groups excluding carboxylic acids is 1. The fourth-order valence-corrected chi connectivity index (χ4v) is 1.79. The van der Waals surface area contributed by atoms with E-state index in [-0.39, 0.29) is 11.9 Å². The zero-order valence-corrected chi connectivity index (χ0v) is 8.84. The maximum Gasteiger partial charge on any atom is 0.244 e. The lowest BCUT2D eigenvalue weighted by Gasteiger charge is -2.13. The van der Waals surface area contributed by atoms with Crippen LogP contribution in [-0.4, -0.2) is 30.4 Å². The lowest BCUT2D eigenvalue weighted by atomic mass is 10.2. The van der Waals surface area contributed by atoms with Crippen molar-refractivity contribution >= 4 is 11.6 Å². The van der Waals surface area contributed by atoms with Gasteiger partial charge >= 0.3 is 0 Å². The second-order valence-electron chi connectivity index (χ2n) is 3.90. The summed E-state index contributed by atoms with van der Waals surface area (Å²) in [5, 5.41) is 2.83. The van der Waals surface area contributed by atoms with Crippen LogP contribution in [0.15, 0.2) is 18.2 Å². The first kappa shape index (κ1) is 10.9. The predicted molar refractivity (Wildman–Crippen MR) is 56.0 cm³/mol. The van der Waals surface area contributed by atoms with Crippen LogP contribution in [0.1, 0.15) is 6.42 Å². The molecule has 2 rings (SSSR count). The number of hydrogen-bond acceptors (Lipinski definition) is 2. The van der Waals surface area contributed by atoms with Crippen molar-refractivity contribution in [1.29, 1.82) is 0 Å². The van der Waals surface area contributed by atoms with Gasteiger partial charge in [0, 0.05) is 25.3 Å². The van der Waals surface area contributed by atoms with Gasteiger partial charge in [0.1, 0.15) is 17.7 Å². The van der Waals surface area contributed by atoms with E-state index in [1.54, 1.807) is 11.9 Å². The average Bonchev–Trinajstić information content (AvgIpc) is 2.48. The Labute approximate surface area is 92.1 Å². The van der Waals surface area contributed by atoms with Gasteiger partial charge in [0.05, 0.1) is 0 Å². The van der Waals surface area contributed by atoms with Crippen LogP contribution < -0.4 is 5.32 Å². The SMILES string of the molecule is CN1CCC(Nc2cc(F)cc(F)c2)C1=O. The highest BCUT2D eigenvalue weighted by molar-refractivity contribution is 5.86. The van der Waals surface area contributed by atoms with Crippen LogP contribution in [0.5, 0.6) is 0 Å². The van der Waals surface area contributed by atoms with E-state index in [1.165, 1.54) is 12.1 Å². The molecule has 0 bridgehead atoms. The molecule has 3 nitrogen and oxygen atoms in total. The molecule has 0 aliphatic carbocycles. The third-order valence-corrected chi connectivity index (χ3v) is 2.63. The van der Waals surface area contributed by atoms with Crippen LogP contribution in [0.4, 0.5) is 14.5 Å². The van der Waals surface area contributed by atoms with E-state index in [0.717, 1.165) is 6.07 Å². The van der Waals surface area contributed by atoms with Gasteiger partial charge in [-0.15, -0.1) is 0 Å². The van der Waals surface area contributed by atoms with E-state index in [0.29, 0.717) is 18.7 Å². The van der Waals surface area contributed by atoms with E-state index in [9.17, 15) is 13.6 Å². The molecule has 1 aromatic carbocycles. The largest absolute Gasteiger partial charge is 0.373 e. The Morgan fingerprint density at radius 2 is 1.94 bits per heavy atom. The molecule has 0 spiro atoms. The summed E-state index contributed by atoms with van der Waals surface area (Å²) in [5.41, 5.74) is 0.297. The molecule has 1 unspecified atom stereocenters. The van der Waals surface area contributed by atoms with E-state index in [1.807, 2.05) is 0 Å². The molecule has 1 aromatic rings. The van der Waals surface area contributed by atoms with E-state index >= 15 is 0 Å². The number of likely N-dealkylation sites (N-methyl/N-ethyl adjacent to an activating group) is 1. The number of rotatable bonds is 2. The van der Waals surface area contributed by atoms with Gasteiger partial charge in [0.25, 0.3) is 0 Å². The van der Waals surface area contributed by atoms with E-state index in [4.69, 9.17) is 0 Å². The topological polar surface area (TPSA) is 32.3 Å². The summed E-state index contributed by atoms with van der Waals surface area (Å²) in [7, 11) is 1.70. The van der Waals surface area contributed by atoms with Crippen molar-refractivity contribution in [2.75, 3.05) is 18.9 Å². The molecule has 86 valence electrons. The highest BCUT2D eigenvalue weighted by Crippen LogP contribution is 2.18. The third kappa shape index (κ3) is 2.13. The molecular weight excluding hydrogens is 214 g/mol. The fourth-order valence-electron chi connectivity index (χ4n) is 1.79. The summed E-state index contributed by atoms with van der Waals surface area (Å²) in [6.45, 7) is 0.661. The summed E-state index contributed by atoms with van der Waals surface area (Å²) in [6, 6.07) is 2.77. The molecule has 1 aliphatic heterocycles. The smallest absolute Gasteiger partial charge is 0.244 e. The molecule has 1 fully saturated rings. The number of nitrogens with one attached hydrogen (secondary N) is 1. The first-order valence-electron chi connectivity index (χ1n) is 5.04. The zero-order chi connectivity index (χ0) is 11.7. The second-order valence-corrected chi connectivity index (χ2v) is 3.90. The Morgan fingerprint density at radius 1 is 1.31 bits per heavy atom. The number of nitrogens with zero attached hydrogens (tertiary/aromatic N) is 1. The second kappa shape index (κ2) is 4.08. The van der Waals surface area contributed by atoms with Gasteiger partial charge in [-0.05, 0) is 18.6 Å². The Morgan fingerprint density at radius 3 is 2.44 bits per heavy atom. The zero-order valence-electron chi connectivity index (χ0n) is 8.84. The quantitative estimate of drug-likeness (QED) is 0.830. The Balaban J connectivity index is 2.12. The van der Waals surface area contributed by atoms with Gasteiger partial charge in [0.15, 0.2) is 0 Å². The first-order chi connectivity index (χ1) is 7.56. The molecule has 1 aliphatic rings. The van der Waals surface area contributed by atoms with Gasteiger partial charge in [-0.25, -0.2) is 8.78 Å². The minimum atomic E-state index is -0.652. The lowest BCUT2D eigenvalue weighted by Crippen LogP contribution is -2.30. The normalized spacial score (nSPS) is 20.3. The summed E-state index contributed by atoms with van der Waals surface area (Å²) < 4.78 is 25.8. The predicted octanol–water partition coefficient (Wildman–Crippen LogP) is 1.61. The molecule has 1 N–H and O–H groups in total. The van der Waals surface area contributed by atoms with E-state index < -0.39 is 11.6 Å². The average molecular weight is 226 g/mol. The molecule has 1 amide bonds. The highest BCUT2D eigenvalue weighted by Gasteiger charge is 2.28. The molecule has 1 atom stereocenters. The van der Waals surface area contributed by atoms with Crippen LogP contribution in [0.2, 0.25) is 0 Å². The van der Waals surface area contributed by atoms with Gasteiger partial charge in [0.2, 0.25) is 5.91 Å². The maximum atomic E-state index is 12.9. The molecule has 1 saturated heterocycles. The molecule has 0 aromatic heterocycles. The van der Waals surface area contributed by atoms with Crippen LogP contribution in [0, 0.1) is 11.6 Å². The first-order valence-corrected chi connectivity index (χ1v) is 5.04. The van der Waals surface area contributed by atoms with Crippen molar-refractivity contribution in [3.8, 4) is 0 Å². The molecule has 16 heavy (non-hydrogen) atoms. The number of benzene rings is 1.